The molecule has 1 aliphatic carbocycles. The van der Waals surface area contributed by atoms with Crippen LogP contribution >= 0.6 is 15.9 Å². The predicted molar refractivity (Wildman–Crippen MR) is 71.9 cm³/mol. The Morgan fingerprint density at radius 2 is 2.24 bits per heavy atom. The van der Waals surface area contributed by atoms with E-state index in [1.165, 1.54) is 0 Å². The second-order valence-electron chi connectivity index (χ2n) is 4.80. The summed E-state index contributed by atoms with van der Waals surface area (Å²) in [4.78, 5) is 12.0. The zero-order chi connectivity index (χ0) is 12.5. The quantitative estimate of drug-likeness (QED) is 0.895. The van der Waals surface area contributed by atoms with Crippen LogP contribution in [0.5, 0.6) is 0 Å². The fourth-order valence-corrected chi connectivity index (χ4v) is 2.21. The van der Waals surface area contributed by atoms with Crippen LogP contribution in [0.25, 0.3) is 0 Å². The molecule has 3 nitrogen and oxygen atoms in total. The van der Waals surface area contributed by atoms with E-state index in [4.69, 9.17) is 5.73 Å². The van der Waals surface area contributed by atoms with Gasteiger partial charge in [0.05, 0.1) is 0 Å². The standard InChI is InChI=1S/C13H17BrN2O/c1-9-10(3-2-4-11(9)14)12(17)16-8-13(7-15)5-6-13/h2-4H,5-8,15H2,1H3,(H,16,17). The average molecular weight is 297 g/mol. The molecule has 3 N–H and O–H groups in total. The summed E-state index contributed by atoms with van der Waals surface area (Å²) >= 11 is 3.43. The van der Waals surface area contributed by atoms with Gasteiger partial charge < -0.3 is 11.1 Å². The molecule has 0 heterocycles. The van der Waals surface area contributed by atoms with Gasteiger partial charge in [0.2, 0.25) is 0 Å². The molecule has 1 aromatic rings. The monoisotopic (exact) mass is 296 g/mol. The van der Waals surface area contributed by atoms with Crippen LogP contribution in [0.3, 0.4) is 0 Å². The summed E-state index contributed by atoms with van der Waals surface area (Å²) in [5, 5.41) is 2.98. The van der Waals surface area contributed by atoms with Crippen LogP contribution in [0.1, 0.15) is 28.8 Å². The molecule has 0 saturated heterocycles. The first-order valence-corrected chi connectivity index (χ1v) is 6.61. The van der Waals surface area contributed by atoms with E-state index < -0.39 is 0 Å². The van der Waals surface area contributed by atoms with Gasteiger partial charge in [-0.1, -0.05) is 22.0 Å². The van der Waals surface area contributed by atoms with Crippen LogP contribution in [-0.4, -0.2) is 19.0 Å². The molecule has 0 bridgehead atoms. The molecule has 92 valence electrons. The highest BCUT2D eigenvalue weighted by Gasteiger charge is 2.41. The number of nitrogens with two attached hydrogens (primary N) is 1. The van der Waals surface area contributed by atoms with Crippen molar-refractivity contribution < 1.29 is 4.79 Å². The SMILES string of the molecule is Cc1c(Br)cccc1C(=O)NCC1(CN)CC1. The summed E-state index contributed by atoms with van der Waals surface area (Å²) in [6.45, 7) is 3.29. The molecule has 1 fully saturated rings. The third-order valence-electron chi connectivity index (χ3n) is 3.53. The first-order valence-electron chi connectivity index (χ1n) is 5.81. The molecule has 0 radical (unpaired) electrons. The summed E-state index contributed by atoms with van der Waals surface area (Å²) in [7, 11) is 0. The zero-order valence-corrected chi connectivity index (χ0v) is 11.5. The molecule has 1 aliphatic rings. The normalized spacial score (nSPS) is 16.6. The molecule has 17 heavy (non-hydrogen) atoms. The van der Waals surface area contributed by atoms with E-state index >= 15 is 0 Å². The maximum Gasteiger partial charge on any atom is 0.251 e. The van der Waals surface area contributed by atoms with Gasteiger partial charge in [-0.25, -0.2) is 0 Å². The van der Waals surface area contributed by atoms with Crippen molar-refractivity contribution in [1.29, 1.82) is 0 Å². The van der Waals surface area contributed by atoms with Crippen molar-refractivity contribution in [2.24, 2.45) is 11.1 Å². The number of hydrogen-bond acceptors (Lipinski definition) is 2. The fraction of sp³-hybridized carbons (Fsp3) is 0.462. The number of carbonyl (C=O) groups is 1. The number of hydrogen-bond donors (Lipinski definition) is 2. The smallest absolute Gasteiger partial charge is 0.251 e. The highest BCUT2D eigenvalue weighted by Crippen LogP contribution is 2.43. The molecular weight excluding hydrogens is 280 g/mol. The lowest BCUT2D eigenvalue weighted by Gasteiger charge is -2.14. The molecule has 0 aliphatic heterocycles. The van der Waals surface area contributed by atoms with Crippen molar-refractivity contribution in [1.82, 2.24) is 5.32 Å². The lowest BCUT2D eigenvalue weighted by atomic mass is 10.1. The Kier molecular flexibility index (Phi) is 3.54. The molecule has 0 spiro atoms. The number of amides is 1. The van der Waals surface area contributed by atoms with E-state index in [2.05, 4.69) is 21.2 Å². The van der Waals surface area contributed by atoms with Gasteiger partial charge in [-0.05, 0) is 44.0 Å². The van der Waals surface area contributed by atoms with Crippen molar-refractivity contribution in [2.45, 2.75) is 19.8 Å². The van der Waals surface area contributed by atoms with Crippen LogP contribution in [0.2, 0.25) is 0 Å². The van der Waals surface area contributed by atoms with Gasteiger partial charge in [-0.15, -0.1) is 0 Å². The van der Waals surface area contributed by atoms with E-state index in [1.807, 2.05) is 25.1 Å². The third kappa shape index (κ3) is 2.69. The lowest BCUT2D eigenvalue weighted by molar-refractivity contribution is 0.0945. The topological polar surface area (TPSA) is 55.1 Å². The minimum atomic E-state index is -0.0106. The number of nitrogens with one attached hydrogen (secondary N) is 1. The number of rotatable bonds is 4. The molecule has 1 aromatic carbocycles. The van der Waals surface area contributed by atoms with Gasteiger partial charge in [0, 0.05) is 22.0 Å². The summed E-state index contributed by atoms with van der Waals surface area (Å²) in [5.41, 5.74) is 7.57. The number of benzene rings is 1. The Bertz CT molecular complexity index is 441. The first kappa shape index (κ1) is 12.6. The van der Waals surface area contributed by atoms with E-state index in [0.29, 0.717) is 13.1 Å². The predicted octanol–water partition coefficient (Wildman–Crippen LogP) is 2.23. The van der Waals surface area contributed by atoms with E-state index in [0.717, 1.165) is 28.4 Å². The van der Waals surface area contributed by atoms with Crippen LogP contribution in [0.15, 0.2) is 22.7 Å². The molecule has 1 amide bonds. The van der Waals surface area contributed by atoms with Crippen molar-refractivity contribution >= 4 is 21.8 Å². The molecule has 0 unspecified atom stereocenters. The Morgan fingerprint density at radius 1 is 1.53 bits per heavy atom. The van der Waals surface area contributed by atoms with Crippen LogP contribution in [-0.2, 0) is 0 Å². The second-order valence-corrected chi connectivity index (χ2v) is 5.65. The highest BCUT2D eigenvalue weighted by molar-refractivity contribution is 9.10. The average Bonchev–Trinajstić information content (AvgIpc) is 3.10. The van der Waals surface area contributed by atoms with Crippen molar-refractivity contribution in [2.75, 3.05) is 13.1 Å². The molecule has 0 atom stereocenters. The maximum absolute atomic E-state index is 12.0. The third-order valence-corrected chi connectivity index (χ3v) is 4.39. The van der Waals surface area contributed by atoms with Gasteiger partial charge in [-0.2, -0.15) is 0 Å². The number of halogens is 1. The van der Waals surface area contributed by atoms with E-state index in [-0.39, 0.29) is 11.3 Å². The lowest BCUT2D eigenvalue weighted by Crippen LogP contribution is -2.34. The van der Waals surface area contributed by atoms with Crippen LogP contribution in [0, 0.1) is 12.3 Å². The zero-order valence-electron chi connectivity index (χ0n) is 9.92. The van der Waals surface area contributed by atoms with E-state index in [9.17, 15) is 4.79 Å². The molecule has 0 aromatic heterocycles. The minimum Gasteiger partial charge on any atom is -0.351 e. The molecular formula is C13H17BrN2O. The Morgan fingerprint density at radius 3 is 2.82 bits per heavy atom. The Hall–Kier alpha value is -0.870. The van der Waals surface area contributed by atoms with Gasteiger partial charge in [0.1, 0.15) is 0 Å². The minimum absolute atomic E-state index is 0.0106. The van der Waals surface area contributed by atoms with Crippen molar-refractivity contribution in [3.05, 3.63) is 33.8 Å². The molecule has 2 rings (SSSR count). The number of carbonyl (C=O) groups excluding carboxylic acids is 1. The van der Waals surface area contributed by atoms with Gasteiger partial charge >= 0.3 is 0 Å². The van der Waals surface area contributed by atoms with E-state index in [1.54, 1.807) is 0 Å². The van der Waals surface area contributed by atoms with Crippen LogP contribution < -0.4 is 11.1 Å². The van der Waals surface area contributed by atoms with Crippen molar-refractivity contribution in [3.8, 4) is 0 Å². The van der Waals surface area contributed by atoms with Gasteiger partial charge in [0.25, 0.3) is 5.91 Å². The Labute approximate surface area is 110 Å². The summed E-state index contributed by atoms with van der Waals surface area (Å²) in [6, 6.07) is 5.66. The van der Waals surface area contributed by atoms with Gasteiger partial charge in [-0.3, -0.25) is 4.79 Å². The Balaban J connectivity index is 2.02. The molecule has 1 saturated carbocycles. The van der Waals surface area contributed by atoms with Crippen molar-refractivity contribution in [3.63, 3.8) is 0 Å². The first-order chi connectivity index (χ1) is 8.08. The van der Waals surface area contributed by atoms with Gasteiger partial charge in [0.15, 0.2) is 0 Å². The fourth-order valence-electron chi connectivity index (χ4n) is 1.85. The second kappa shape index (κ2) is 4.78. The summed E-state index contributed by atoms with van der Waals surface area (Å²) in [5.74, 6) is -0.0106. The largest absolute Gasteiger partial charge is 0.351 e. The van der Waals surface area contributed by atoms with Crippen LogP contribution in [0.4, 0.5) is 0 Å². The highest BCUT2D eigenvalue weighted by atomic mass is 79.9. The maximum atomic E-state index is 12.0. The molecule has 4 heteroatoms. The summed E-state index contributed by atoms with van der Waals surface area (Å²) < 4.78 is 0.963. The summed E-state index contributed by atoms with van der Waals surface area (Å²) in [6.07, 6.45) is 2.25.